The Labute approximate surface area is 142 Å². The average molecular weight is 312 g/mol. The summed E-state index contributed by atoms with van der Waals surface area (Å²) in [4.78, 5) is 4.80. The maximum atomic E-state index is 4.80. The number of benzene rings is 1. The van der Waals surface area contributed by atoms with Gasteiger partial charge in [0.2, 0.25) is 0 Å². The lowest BCUT2D eigenvalue weighted by Gasteiger charge is -2.10. The number of allylic oxidation sites excluding steroid dienone is 12. The third kappa shape index (κ3) is 2.71. The molecular weight excluding hydrogens is 292 g/mol. The molecule has 0 aliphatic heterocycles. The molecule has 118 valence electrons. The molecule has 2 aromatic rings. The second-order valence-corrected chi connectivity index (χ2v) is 6.13. The summed E-state index contributed by atoms with van der Waals surface area (Å²) in [7, 11) is 2.08. The van der Waals surface area contributed by atoms with E-state index in [1.54, 1.807) is 0 Å². The molecule has 2 nitrogen and oxygen atoms in total. The standard InChI is InChI=1S/C22H20N2/c1-24-21-14-7-6-13-20(21)23-22(24)19-12-8-11-18(15-16-19)17-9-4-2-3-5-10-17/h2-9,11-16,18H,10H2,1H3. The number of hydrogen-bond acceptors (Lipinski definition) is 1. The number of hydrogen-bond donors (Lipinski definition) is 0. The topological polar surface area (TPSA) is 17.8 Å². The predicted molar refractivity (Wildman–Crippen MR) is 101 cm³/mol. The SMILES string of the molecule is Cn1c(C2=CC=CC(C3=CC=CC=CC3)C=C2)nc2ccccc21. The van der Waals surface area contributed by atoms with E-state index >= 15 is 0 Å². The van der Waals surface area contributed by atoms with E-state index in [1.165, 1.54) is 5.57 Å². The van der Waals surface area contributed by atoms with Crippen LogP contribution in [0, 0.1) is 5.92 Å². The molecule has 2 aliphatic rings. The Bertz CT molecular complexity index is 946. The van der Waals surface area contributed by atoms with Gasteiger partial charge in [0.1, 0.15) is 5.82 Å². The molecule has 2 heteroatoms. The fourth-order valence-electron chi connectivity index (χ4n) is 3.25. The monoisotopic (exact) mass is 312 g/mol. The number of rotatable bonds is 2. The molecule has 0 radical (unpaired) electrons. The van der Waals surface area contributed by atoms with Gasteiger partial charge in [0, 0.05) is 18.5 Å². The lowest BCUT2D eigenvalue weighted by atomic mass is 9.95. The highest BCUT2D eigenvalue weighted by atomic mass is 15.1. The predicted octanol–water partition coefficient (Wildman–Crippen LogP) is 5.14. The van der Waals surface area contributed by atoms with Crippen molar-refractivity contribution >= 4 is 16.6 Å². The highest BCUT2D eigenvalue weighted by Gasteiger charge is 2.13. The van der Waals surface area contributed by atoms with Crippen molar-refractivity contribution in [3.05, 3.63) is 96.4 Å². The van der Waals surface area contributed by atoms with Crippen LogP contribution in [0.3, 0.4) is 0 Å². The van der Waals surface area contributed by atoms with Gasteiger partial charge in [0.05, 0.1) is 11.0 Å². The average Bonchev–Trinajstić information content (AvgIpc) is 2.86. The van der Waals surface area contributed by atoms with Crippen LogP contribution in [0.2, 0.25) is 0 Å². The highest BCUT2D eigenvalue weighted by molar-refractivity contribution is 5.82. The molecule has 24 heavy (non-hydrogen) atoms. The van der Waals surface area contributed by atoms with Crippen molar-refractivity contribution < 1.29 is 0 Å². The molecule has 0 fully saturated rings. The van der Waals surface area contributed by atoms with Gasteiger partial charge in [-0.25, -0.2) is 4.98 Å². The number of fused-ring (bicyclic) bond motifs is 1. The van der Waals surface area contributed by atoms with Crippen LogP contribution in [0.5, 0.6) is 0 Å². The Kier molecular flexibility index (Phi) is 3.87. The first kappa shape index (κ1) is 14.7. The summed E-state index contributed by atoms with van der Waals surface area (Å²) in [6.07, 6.45) is 22.8. The Morgan fingerprint density at radius 1 is 1.00 bits per heavy atom. The van der Waals surface area contributed by atoms with Crippen LogP contribution in [0.25, 0.3) is 16.6 Å². The van der Waals surface area contributed by atoms with Crippen LogP contribution in [-0.2, 0) is 7.05 Å². The Hall–Kier alpha value is -2.87. The summed E-state index contributed by atoms with van der Waals surface area (Å²) in [6, 6.07) is 8.26. The van der Waals surface area contributed by atoms with Crippen LogP contribution >= 0.6 is 0 Å². The van der Waals surface area contributed by atoms with Gasteiger partial charge in [-0.2, -0.15) is 0 Å². The second-order valence-electron chi connectivity index (χ2n) is 6.13. The summed E-state index contributed by atoms with van der Waals surface area (Å²) >= 11 is 0. The number of imidazole rings is 1. The van der Waals surface area contributed by atoms with Gasteiger partial charge in [0.25, 0.3) is 0 Å². The third-order valence-corrected chi connectivity index (χ3v) is 4.57. The molecular formula is C22H20N2. The smallest absolute Gasteiger partial charge is 0.140 e. The van der Waals surface area contributed by atoms with E-state index in [4.69, 9.17) is 4.98 Å². The summed E-state index contributed by atoms with van der Waals surface area (Å²) in [5, 5.41) is 0. The Balaban J connectivity index is 1.67. The maximum Gasteiger partial charge on any atom is 0.140 e. The lowest BCUT2D eigenvalue weighted by molar-refractivity contribution is 0.918. The van der Waals surface area contributed by atoms with Gasteiger partial charge in [-0.1, -0.05) is 78.5 Å². The Morgan fingerprint density at radius 3 is 2.83 bits per heavy atom. The fraction of sp³-hybridized carbons (Fsp3) is 0.136. The minimum atomic E-state index is 0.334. The van der Waals surface area contributed by atoms with Crippen molar-refractivity contribution in [1.82, 2.24) is 9.55 Å². The molecule has 1 atom stereocenters. The van der Waals surface area contributed by atoms with Crippen LogP contribution in [0.4, 0.5) is 0 Å². The zero-order valence-corrected chi connectivity index (χ0v) is 13.8. The molecule has 1 unspecified atom stereocenters. The molecule has 1 aromatic carbocycles. The zero-order valence-electron chi connectivity index (χ0n) is 13.8. The van der Waals surface area contributed by atoms with Crippen molar-refractivity contribution in [2.75, 3.05) is 0 Å². The van der Waals surface area contributed by atoms with Crippen molar-refractivity contribution in [3.63, 3.8) is 0 Å². The number of nitrogens with zero attached hydrogens (tertiary/aromatic N) is 2. The van der Waals surface area contributed by atoms with E-state index in [2.05, 4.69) is 90.6 Å². The maximum absolute atomic E-state index is 4.80. The lowest BCUT2D eigenvalue weighted by Crippen LogP contribution is -1.97. The molecule has 0 spiro atoms. The van der Waals surface area contributed by atoms with Gasteiger partial charge in [0.15, 0.2) is 0 Å². The number of para-hydroxylation sites is 2. The van der Waals surface area contributed by atoms with E-state index in [-0.39, 0.29) is 0 Å². The first-order chi connectivity index (χ1) is 11.8. The molecule has 1 heterocycles. The van der Waals surface area contributed by atoms with Crippen molar-refractivity contribution in [2.45, 2.75) is 6.42 Å². The molecule has 4 rings (SSSR count). The normalized spacial score (nSPS) is 20.0. The number of aryl methyl sites for hydroxylation is 1. The quantitative estimate of drug-likeness (QED) is 0.750. The minimum Gasteiger partial charge on any atom is -0.327 e. The molecule has 2 aliphatic carbocycles. The molecule has 0 saturated carbocycles. The van der Waals surface area contributed by atoms with Crippen LogP contribution in [0.1, 0.15) is 12.2 Å². The number of aromatic nitrogens is 2. The van der Waals surface area contributed by atoms with Gasteiger partial charge in [-0.05, 0) is 18.6 Å². The molecule has 0 amide bonds. The van der Waals surface area contributed by atoms with Crippen molar-refractivity contribution in [3.8, 4) is 0 Å². The summed E-state index contributed by atoms with van der Waals surface area (Å²) in [5.74, 6) is 1.34. The van der Waals surface area contributed by atoms with Crippen LogP contribution in [-0.4, -0.2) is 9.55 Å². The van der Waals surface area contributed by atoms with E-state index in [1.807, 2.05) is 6.07 Å². The van der Waals surface area contributed by atoms with Gasteiger partial charge in [-0.15, -0.1) is 0 Å². The minimum absolute atomic E-state index is 0.334. The van der Waals surface area contributed by atoms with Gasteiger partial charge < -0.3 is 4.57 Å². The second kappa shape index (κ2) is 6.32. The van der Waals surface area contributed by atoms with E-state index in [0.717, 1.165) is 28.9 Å². The molecule has 0 bridgehead atoms. The zero-order chi connectivity index (χ0) is 16.4. The largest absolute Gasteiger partial charge is 0.327 e. The van der Waals surface area contributed by atoms with E-state index in [9.17, 15) is 0 Å². The van der Waals surface area contributed by atoms with Crippen LogP contribution < -0.4 is 0 Å². The molecule has 1 aromatic heterocycles. The third-order valence-electron chi connectivity index (χ3n) is 4.57. The first-order valence-electron chi connectivity index (χ1n) is 8.34. The van der Waals surface area contributed by atoms with Crippen LogP contribution in [0.15, 0.2) is 90.6 Å². The van der Waals surface area contributed by atoms with Crippen molar-refractivity contribution in [1.29, 1.82) is 0 Å². The van der Waals surface area contributed by atoms with Crippen molar-refractivity contribution in [2.24, 2.45) is 13.0 Å². The van der Waals surface area contributed by atoms with E-state index in [0.29, 0.717) is 5.92 Å². The van der Waals surface area contributed by atoms with E-state index < -0.39 is 0 Å². The van der Waals surface area contributed by atoms with Gasteiger partial charge in [-0.3, -0.25) is 0 Å². The Morgan fingerprint density at radius 2 is 1.92 bits per heavy atom. The molecule has 0 saturated heterocycles. The molecule has 0 N–H and O–H groups in total. The summed E-state index contributed by atoms with van der Waals surface area (Å²) in [5.41, 5.74) is 4.75. The highest BCUT2D eigenvalue weighted by Crippen LogP contribution is 2.27. The van der Waals surface area contributed by atoms with Gasteiger partial charge >= 0.3 is 0 Å². The summed E-state index contributed by atoms with van der Waals surface area (Å²) < 4.78 is 2.16. The fourth-order valence-corrected chi connectivity index (χ4v) is 3.25. The summed E-state index contributed by atoms with van der Waals surface area (Å²) in [6.45, 7) is 0. The first-order valence-corrected chi connectivity index (χ1v) is 8.34.